The number of rotatable bonds is 3. The lowest BCUT2D eigenvalue weighted by Gasteiger charge is -2.29. The first-order chi connectivity index (χ1) is 8.23. The van der Waals surface area contributed by atoms with Crippen molar-refractivity contribution in [1.82, 2.24) is 5.32 Å². The van der Waals surface area contributed by atoms with Crippen molar-refractivity contribution in [2.45, 2.75) is 24.6 Å². The SMILES string of the molecule is O=C(O)[C@@H]1C[C@@]2(CNC(=O)C(F)(F)F)C[C@H]1CO2. The average molecular weight is 267 g/mol. The number of nitrogens with one attached hydrogen (secondary N) is 1. The van der Waals surface area contributed by atoms with Crippen molar-refractivity contribution in [3.63, 3.8) is 0 Å². The monoisotopic (exact) mass is 267 g/mol. The first-order valence-electron chi connectivity index (χ1n) is 5.45. The highest BCUT2D eigenvalue weighted by Gasteiger charge is 2.55. The highest BCUT2D eigenvalue weighted by Crippen LogP contribution is 2.47. The summed E-state index contributed by atoms with van der Waals surface area (Å²) in [5, 5.41) is 10.7. The molecule has 0 unspecified atom stereocenters. The topological polar surface area (TPSA) is 75.6 Å². The van der Waals surface area contributed by atoms with Crippen LogP contribution in [0.5, 0.6) is 0 Å². The molecule has 3 atom stereocenters. The summed E-state index contributed by atoms with van der Waals surface area (Å²) in [7, 11) is 0. The highest BCUT2D eigenvalue weighted by molar-refractivity contribution is 5.81. The Morgan fingerprint density at radius 1 is 1.39 bits per heavy atom. The van der Waals surface area contributed by atoms with E-state index in [1.807, 2.05) is 0 Å². The van der Waals surface area contributed by atoms with Gasteiger partial charge in [0.05, 0.1) is 18.1 Å². The number of hydrogen-bond acceptors (Lipinski definition) is 3. The Balaban J connectivity index is 1.95. The van der Waals surface area contributed by atoms with Crippen LogP contribution in [0.3, 0.4) is 0 Å². The summed E-state index contributed by atoms with van der Waals surface area (Å²) in [6.07, 6.45) is -4.41. The molecule has 1 heterocycles. The first-order valence-corrected chi connectivity index (χ1v) is 5.45. The number of carboxylic acid groups (broad SMARTS) is 1. The van der Waals surface area contributed by atoms with Gasteiger partial charge < -0.3 is 15.2 Å². The normalized spacial score (nSPS) is 34.6. The molecular formula is C10H12F3NO4. The van der Waals surface area contributed by atoms with Gasteiger partial charge in [-0.1, -0.05) is 0 Å². The summed E-state index contributed by atoms with van der Waals surface area (Å²) in [6, 6.07) is 0. The molecule has 8 heteroatoms. The molecule has 0 aromatic heterocycles. The van der Waals surface area contributed by atoms with E-state index in [1.165, 1.54) is 0 Å². The second-order valence-corrected chi connectivity index (χ2v) is 4.79. The maximum atomic E-state index is 12.0. The van der Waals surface area contributed by atoms with E-state index in [-0.39, 0.29) is 25.5 Å². The van der Waals surface area contributed by atoms with Gasteiger partial charge in [0.2, 0.25) is 0 Å². The molecule has 1 aliphatic carbocycles. The largest absolute Gasteiger partial charge is 0.481 e. The van der Waals surface area contributed by atoms with Crippen LogP contribution in [0, 0.1) is 11.8 Å². The van der Waals surface area contributed by atoms with Crippen molar-refractivity contribution in [2.24, 2.45) is 11.8 Å². The molecule has 2 N–H and O–H groups in total. The minimum atomic E-state index is -4.93. The molecule has 2 fully saturated rings. The number of alkyl halides is 3. The molecule has 102 valence electrons. The second kappa shape index (κ2) is 4.11. The lowest BCUT2D eigenvalue weighted by molar-refractivity contribution is -0.175. The quantitative estimate of drug-likeness (QED) is 0.782. The number of halogens is 3. The number of fused-ring (bicyclic) bond motifs is 2. The zero-order chi connectivity index (χ0) is 13.6. The molecule has 0 radical (unpaired) electrons. The van der Waals surface area contributed by atoms with Crippen LogP contribution in [-0.2, 0) is 14.3 Å². The number of carbonyl (C=O) groups excluding carboxylic acids is 1. The lowest BCUT2D eigenvalue weighted by atomic mass is 9.96. The molecule has 2 bridgehead atoms. The molecule has 2 aliphatic rings. The minimum Gasteiger partial charge on any atom is -0.481 e. The van der Waals surface area contributed by atoms with Crippen LogP contribution in [0.1, 0.15) is 12.8 Å². The van der Waals surface area contributed by atoms with E-state index in [9.17, 15) is 22.8 Å². The third-order valence-electron chi connectivity index (χ3n) is 3.54. The van der Waals surface area contributed by atoms with E-state index in [0.717, 1.165) is 0 Å². The molecule has 0 aromatic rings. The third-order valence-corrected chi connectivity index (χ3v) is 3.54. The van der Waals surface area contributed by atoms with E-state index >= 15 is 0 Å². The van der Waals surface area contributed by atoms with Gasteiger partial charge in [-0.25, -0.2) is 0 Å². The summed E-state index contributed by atoms with van der Waals surface area (Å²) in [5.74, 6) is -3.76. The van der Waals surface area contributed by atoms with E-state index in [1.54, 1.807) is 5.32 Å². The molecule has 0 aromatic carbocycles. The van der Waals surface area contributed by atoms with Gasteiger partial charge in [-0.05, 0) is 18.8 Å². The molecule has 1 saturated carbocycles. The van der Waals surface area contributed by atoms with Crippen molar-refractivity contribution < 1.29 is 32.6 Å². The van der Waals surface area contributed by atoms with E-state index in [2.05, 4.69) is 0 Å². The van der Waals surface area contributed by atoms with Gasteiger partial charge >= 0.3 is 18.1 Å². The number of carbonyl (C=O) groups is 2. The molecule has 1 aliphatic heterocycles. The van der Waals surface area contributed by atoms with Crippen molar-refractivity contribution >= 4 is 11.9 Å². The molecule has 0 spiro atoms. The van der Waals surface area contributed by atoms with Crippen LogP contribution < -0.4 is 5.32 Å². The van der Waals surface area contributed by atoms with Gasteiger partial charge in [-0.15, -0.1) is 0 Å². The summed E-state index contributed by atoms with van der Waals surface area (Å²) in [6.45, 7) is -0.0789. The van der Waals surface area contributed by atoms with Crippen LogP contribution in [0.25, 0.3) is 0 Å². The number of carboxylic acids is 1. The Labute approximate surface area is 100 Å². The van der Waals surface area contributed by atoms with Crippen LogP contribution in [0.15, 0.2) is 0 Å². The van der Waals surface area contributed by atoms with Gasteiger partial charge in [0, 0.05) is 6.54 Å². The van der Waals surface area contributed by atoms with Crippen LogP contribution in [0.2, 0.25) is 0 Å². The fourth-order valence-electron chi connectivity index (χ4n) is 2.67. The average Bonchev–Trinajstić information content (AvgIpc) is 2.82. The number of hydrogen-bond donors (Lipinski definition) is 2. The third kappa shape index (κ3) is 2.29. The maximum absolute atomic E-state index is 12.0. The molecule has 1 amide bonds. The predicted molar refractivity (Wildman–Crippen MR) is 51.6 cm³/mol. The number of amides is 1. The smallest absolute Gasteiger partial charge is 0.471 e. The number of ether oxygens (including phenoxy) is 1. The van der Waals surface area contributed by atoms with Crippen molar-refractivity contribution in [3.05, 3.63) is 0 Å². The van der Waals surface area contributed by atoms with Gasteiger partial charge in [0.1, 0.15) is 0 Å². The number of aliphatic carboxylic acids is 1. The van der Waals surface area contributed by atoms with Gasteiger partial charge in [0.15, 0.2) is 0 Å². The zero-order valence-electron chi connectivity index (χ0n) is 9.29. The summed E-state index contributed by atoms with van der Waals surface area (Å²) in [4.78, 5) is 21.6. The van der Waals surface area contributed by atoms with Crippen LogP contribution in [-0.4, -0.2) is 41.9 Å². The van der Waals surface area contributed by atoms with Gasteiger partial charge in [-0.3, -0.25) is 9.59 Å². The van der Waals surface area contributed by atoms with Crippen molar-refractivity contribution in [1.29, 1.82) is 0 Å². The Kier molecular flexibility index (Phi) is 3.00. The Hall–Kier alpha value is -1.31. The predicted octanol–water partition coefficient (Wildman–Crippen LogP) is 0.545. The summed E-state index contributed by atoms with van der Waals surface area (Å²) < 4.78 is 41.4. The lowest BCUT2D eigenvalue weighted by Crippen LogP contribution is -2.47. The van der Waals surface area contributed by atoms with E-state index < -0.39 is 29.6 Å². The Morgan fingerprint density at radius 2 is 2.06 bits per heavy atom. The maximum Gasteiger partial charge on any atom is 0.471 e. The summed E-state index contributed by atoms with van der Waals surface area (Å²) >= 11 is 0. The zero-order valence-corrected chi connectivity index (χ0v) is 9.29. The summed E-state index contributed by atoms with van der Waals surface area (Å²) in [5.41, 5.74) is -0.950. The van der Waals surface area contributed by atoms with E-state index in [4.69, 9.17) is 9.84 Å². The minimum absolute atomic E-state index is 0.144. The van der Waals surface area contributed by atoms with Gasteiger partial charge in [0.25, 0.3) is 0 Å². The second-order valence-electron chi connectivity index (χ2n) is 4.79. The first kappa shape index (κ1) is 13.1. The molecule has 2 rings (SSSR count). The highest BCUT2D eigenvalue weighted by atomic mass is 19.4. The van der Waals surface area contributed by atoms with Gasteiger partial charge in [-0.2, -0.15) is 13.2 Å². The molecular weight excluding hydrogens is 255 g/mol. The Bertz CT molecular complexity index is 384. The molecule has 1 saturated heterocycles. The van der Waals surface area contributed by atoms with Crippen LogP contribution >= 0.6 is 0 Å². The standard InChI is InChI=1S/C10H12F3NO4/c11-10(12,13)8(17)14-4-9-1-5(3-18-9)6(2-9)7(15)16/h5-6H,1-4H2,(H,14,17)(H,15,16)/t5-,6+,9+/m0/s1. The fourth-order valence-corrected chi connectivity index (χ4v) is 2.67. The van der Waals surface area contributed by atoms with Crippen LogP contribution in [0.4, 0.5) is 13.2 Å². The Morgan fingerprint density at radius 3 is 2.56 bits per heavy atom. The fraction of sp³-hybridized carbons (Fsp3) is 0.800. The van der Waals surface area contributed by atoms with Crippen molar-refractivity contribution in [2.75, 3.05) is 13.2 Å². The molecule has 5 nitrogen and oxygen atoms in total. The van der Waals surface area contributed by atoms with E-state index in [0.29, 0.717) is 6.42 Å². The van der Waals surface area contributed by atoms with Crippen molar-refractivity contribution in [3.8, 4) is 0 Å². The molecule has 18 heavy (non-hydrogen) atoms.